The highest BCUT2D eigenvalue weighted by Gasteiger charge is 2.23. The molecule has 22 heteroatoms. The van der Waals surface area contributed by atoms with Gasteiger partial charge in [0.1, 0.15) is 9.79 Å². The Morgan fingerprint density at radius 2 is 1.23 bits per heavy atom. The minimum absolute atomic E-state index is 0.0326. The lowest BCUT2D eigenvalue weighted by Crippen LogP contribution is -2.35. The molecule has 47 heavy (non-hydrogen) atoms. The molecule has 1 aliphatic heterocycles. The molecular formula is C25H28Cl2N12O6S2. The first-order valence-electron chi connectivity index (χ1n) is 13.7. The van der Waals surface area contributed by atoms with Crippen molar-refractivity contribution in [3.63, 3.8) is 0 Å². The summed E-state index contributed by atoms with van der Waals surface area (Å²) in [7, 11) is -8.92. The summed E-state index contributed by atoms with van der Waals surface area (Å²) >= 11 is 12.2. The zero-order valence-electron chi connectivity index (χ0n) is 24.2. The molecule has 2 aromatic carbocycles. The average molecular weight is 728 g/mol. The number of nitrogens with zero attached hydrogens (tertiary/aromatic N) is 7. The van der Waals surface area contributed by atoms with Crippen molar-refractivity contribution in [3.05, 3.63) is 47.0 Å². The summed E-state index contributed by atoms with van der Waals surface area (Å²) < 4.78 is 64.1. The van der Waals surface area contributed by atoms with E-state index in [1.54, 1.807) is 0 Å². The van der Waals surface area contributed by atoms with Crippen molar-refractivity contribution in [3.8, 4) is 0 Å². The largest absolute Gasteiger partial charge is 0.398 e. The first-order chi connectivity index (χ1) is 22.1. The second-order valence-corrected chi connectivity index (χ2v) is 13.8. The van der Waals surface area contributed by atoms with Crippen molar-refractivity contribution in [1.29, 1.82) is 0 Å². The van der Waals surface area contributed by atoms with Crippen LogP contribution in [-0.4, -0.2) is 75.5 Å². The predicted molar refractivity (Wildman–Crippen MR) is 176 cm³/mol. The van der Waals surface area contributed by atoms with Gasteiger partial charge in [0, 0.05) is 31.0 Å². The SMILES string of the molecule is Nc1cc(Nc2nc(Cl)nc(NCCC3CCN(c4nc(Cl)nc(Nc5ccc(S(=O)(=O)O)c(N)c5)n4)CC3)n2)ccc1S(=O)(=O)O. The van der Waals surface area contributed by atoms with E-state index < -0.39 is 30.0 Å². The molecule has 2 aromatic heterocycles. The number of nitrogen functional groups attached to an aromatic ring is 2. The van der Waals surface area contributed by atoms with Gasteiger partial charge in [-0.3, -0.25) is 9.11 Å². The second-order valence-electron chi connectivity index (χ2n) is 10.3. The van der Waals surface area contributed by atoms with Crippen LogP contribution in [0.4, 0.5) is 46.5 Å². The van der Waals surface area contributed by atoms with Crippen molar-refractivity contribution in [2.45, 2.75) is 29.1 Å². The molecule has 1 saturated heterocycles. The Hall–Kier alpha value is -4.34. The summed E-state index contributed by atoms with van der Waals surface area (Å²) in [5.74, 6) is 1.22. The number of aromatic nitrogens is 6. The quantitative estimate of drug-likeness (QED) is 0.0862. The van der Waals surface area contributed by atoms with E-state index in [4.69, 9.17) is 34.7 Å². The Morgan fingerprint density at radius 3 is 1.74 bits per heavy atom. The van der Waals surface area contributed by atoms with Crippen LogP contribution in [0, 0.1) is 5.92 Å². The van der Waals surface area contributed by atoms with E-state index in [-0.39, 0.29) is 39.8 Å². The van der Waals surface area contributed by atoms with Gasteiger partial charge in [0.05, 0.1) is 11.4 Å². The zero-order valence-corrected chi connectivity index (χ0v) is 27.3. The molecule has 4 aromatic rings. The van der Waals surface area contributed by atoms with Crippen LogP contribution in [0.25, 0.3) is 0 Å². The number of nitrogens with one attached hydrogen (secondary N) is 3. The van der Waals surface area contributed by atoms with E-state index in [0.29, 0.717) is 42.9 Å². The first-order valence-corrected chi connectivity index (χ1v) is 17.4. The second kappa shape index (κ2) is 13.8. The average Bonchev–Trinajstić information content (AvgIpc) is 2.96. The maximum Gasteiger partial charge on any atom is 0.296 e. The fourth-order valence-corrected chi connectivity index (χ4v) is 6.32. The van der Waals surface area contributed by atoms with Crippen LogP contribution in [0.3, 0.4) is 0 Å². The Labute approximate surface area is 278 Å². The third-order valence-electron chi connectivity index (χ3n) is 7.03. The number of benzene rings is 2. The number of anilines is 8. The summed E-state index contributed by atoms with van der Waals surface area (Å²) in [4.78, 5) is 26.4. The molecule has 0 spiro atoms. The van der Waals surface area contributed by atoms with Crippen LogP contribution < -0.4 is 32.3 Å². The Balaban J connectivity index is 1.14. The molecule has 0 bridgehead atoms. The van der Waals surface area contributed by atoms with Crippen LogP contribution in [-0.2, 0) is 20.2 Å². The molecule has 18 nitrogen and oxygen atoms in total. The normalized spacial score (nSPS) is 14.2. The van der Waals surface area contributed by atoms with E-state index in [0.717, 1.165) is 31.4 Å². The maximum absolute atomic E-state index is 11.4. The summed E-state index contributed by atoms with van der Waals surface area (Å²) in [6.45, 7) is 1.86. The lowest BCUT2D eigenvalue weighted by atomic mass is 9.94. The molecule has 3 heterocycles. The maximum atomic E-state index is 11.4. The van der Waals surface area contributed by atoms with E-state index in [9.17, 15) is 25.9 Å². The minimum atomic E-state index is -4.46. The van der Waals surface area contributed by atoms with Gasteiger partial charge in [-0.1, -0.05) is 0 Å². The van der Waals surface area contributed by atoms with Gasteiger partial charge in [-0.15, -0.1) is 0 Å². The molecule has 1 aliphatic rings. The third-order valence-corrected chi connectivity index (χ3v) is 9.22. The van der Waals surface area contributed by atoms with Gasteiger partial charge in [-0.25, -0.2) is 0 Å². The van der Waals surface area contributed by atoms with Gasteiger partial charge < -0.3 is 32.3 Å². The highest BCUT2D eigenvalue weighted by Crippen LogP contribution is 2.28. The summed E-state index contributed by atoms with van der Waals surface area (Å²) in [6.07, 6.45) is 2.49. The molecule has 1 fully saturated rings. The molecule has 0 radical (unpaired) electrons. The fourth-order valence-electron chi connectivity index (χ4n) is 4.81. The topological polar surface area (TPSA) is 277 Å². The van der Waals surface area contributed by atoms with Gasteiger partial charge >= 0.3 is 0 Å². The van der Waals surface area contributed by atoms with Crippen LogP contribution >= 0.6 is 23.2 Å². The Kier molecular flexibility index (Phi) is 9.98. The number of nitrogens with two attached hydrogens (primary N) is 2. The van der Waals surface area contributed by atoms with E-state index in [1.165, 1.54) is 24.3 Å². The monoisotopic (exact) mass is 726 g/mol. The molecular weight excluding hydrogens is 699 g/mol. The Morgan fingerprint density at radius 1 is 0.745 bits per heavy atom. The van der Waals surface area contributed by atoms with Gasteiger partial charge in [-0.2, -0.15) is 46.7 Å². The van der Waals surface area contributed by atoms with E-state index in [1.807, 2.05) is 4.90 Å². The predicted octanol–water partition coefficient (Wildman–Crippen LogP) is 3.23. The van der Waals surface area contributed by atoms with E-state index in [2.05, 4.69) is 45.9 Å². The lowest BCUT2D eigenvalue weighted by Gasteiger charge is -2.32. The molecule has 5 rings (SSSR count). The van der Waals surface area contributed by atoms with Crippen molar-refractivity contribution in [2.75, 3.05) is 52.0 Å². The van der Waals surface area contributed by atoms with Gasteiger partial charge in [0.15, 0.2) is 0 Å². The van der Waals surface area contributed by atoms with Crippen LogP contribution in [0.5, 0.6) is 0 Å². The zero-order chi connectivity index (χ0) is 33.9. The molecule has 9 N–H and O–H groups in total. The molecule has 0 saturated carbocycles. The highest BCUT2D eigenvalue weighted by molar-refractivity contribution is 7.86. The van der Waals surface area contributed by atoms with Crippen LogP contribution in [0.15, 0.2) is 46.2 Å². The van der Waals surface area contributed by atoms with Gasteiger partial charge in [-0.05, 0) is 84.8 Å². The summed E-state index contributed by atoms with van der Waals surface area (Å²) in [5.41, 5.74) is 12.0. The van der Waals surface area contributed by atoms with Crippen molar-refractivity contribution in [1.82, 2.24) is 29.9 Å². The van der Waals surface area contributed by atoms with Crippen molar-refractivity contribution >= 4 is 90.0 Å². The smallest absolute Gasteiger partial charge is 0.296 e. The van der Waals surface area contributed by atoms with Crippen molar-refractivity contribution < 1.29 is 25.9 Å². The van der Waals surface area contributed by atoms with E-state index >= 15 is 0 Å². The lowest BCUT2D eigenvalue weighted by molar-refractivity contribution is 0.386. The molecule has 0 amide bonds. The Bertz CT molecular complexity index is 2010. The summed E-state index contributed by atoms with van der Waals surface area (Å²) in [5, 5.41) is 8.85. The number of rotatable bonds is 11. The van der Waals surface area contributed by atoms with Crippen LogP contribution in [0.2, 0.25) is 10.6 Å². The van der Waals surface area contributed by atoms with Crippen LogP contribution in [0.1, 0.15) is 19.3 Å². The minimum Gasteiger partial charge on any atom is -0.398 e. The number of hydrogen-bond acceptors (Lipinski definition) is 16. The number of halogens is 2. The fraction of sp³-hybridized carbons (Fsp3) is 0.280. The molecule has 0 unspecified atom stereocenters. The first kappa shape index (κ1) is 34.0. The molecule has 0 atom stereocenters. The molecule has 0 aliphatic carbocycles. The van der Waals surface area contributed by atoms with Gasteiger partial charge in [0.2, 0.25) is 34.4 Å². The number of piperidine rings is 1. The molecule has 250 valence electrons. The highest BCUT2D eigenvalue weighted by atomic mass is 35.5. The summed E-state index contributed by atoms with van der Waals surface area (Å²) in [6, 6.07) is 7.75. The standard InChI is InChI=1S/C25H28Cl2N12O6S2/c26-20-33-22(37-23(34-20)31-14-1-3-18(16(28)11-14)46(40,41)42)30-8-5-13-6-9-39(10-7-13)25-36-21(27)35-24(38-25)32-15-2-4-19(17(29)12-15)47(43,44)45/h1-4,11-13H,5-10,28-29H2,(H,40,41,42)(H,43,44,45)(H,32,35,36,38)(H2,30,31,33,34,37). The van der Waals surface area contributed by atoms with Crippen molar-refractivity contribution in [2.24, 2.45) is 5.92 Å². The third kappa shape index (κ3) is 8.93. The number of hydrogen-bond donors (Lipinski definition) is 7. The van der Waals surface area contributed by atoms with Gasteiger partial charge in [0.25, 0.3) is 20.2 Å².